The van der Waals surface area contributed by atoms with Crippen molar-refractivity contribution in [2.75, 3.05) is 0 Å². The standard InChI is InChI=1S/C11H19NO3/c1-8-3-5-11(6-4-8,7-10(14)15)12-9(2)13/h8H,3-7H2,1-2H3,(H,12,13)(H,14,15). The van der Waals surface area contributed by atoms with Crippen LogP contribution in [0.2, 0.25) is 0 Å². The summed E-state index contributed by atoms with van der Waals surface area (Å²) < 4.78 is 0. The number of rotatable bonds is 3. The zero-order valence-corrected chi connectivity index (χ0v) is 9.38. The van der Waals surface area contributed by atoms with Gasteiger partial charge < -0.3 is 10.4 Å². The van der Waals surface area contributed by atoms with Gasteiger partial charge in [0, 0.05) is 6.92 Å². The molecular formula is C11H19NO3. The highest BCUT2D eigenvalue weighted by Gasteiger charge is 2.36. The van der Waals surface area contributed by atoms with Crippen LogP contribution in [-0.2, 0) is 9.59 Å². The summed E-state index contributed by atoms with van der Waals surface area (Å²) >= 11 is 0. The van der Waals surface area contributed by atoms with Gasteiger partial charge in [-0.3, -0.25) is 9.59 Å². The largest absolute Gasteiger partial charge is 0.481 e. The van der Waals surface area contributed by atoms with Crippen molar-refractivity contribution in [1.82, 2.24) is 5.32 Å². The Balaban J connectivity index is 2.68. The van der Waals surface area contributed by atoms with Crippen molar-refractivity contribution in [2.24, 2.45) is 5.92 Å². The molecule has 1 aliphatic carbocycles. The van der Waals surface area contributed by atoms with Crippen molar-refractivity contribution in [2.45, 2.75) is 51.5 Å². The van der Waals surface area contributed by atoms with E-state index in [1.165, 1.54) is 6.92 Å². The van der Waals surface area contributed by atoms with Crippen LogP contribution in [0, 0.1) is 5.92 Å². The summed E-state index contributed by atoms with van der Waals surface area (Å²) in [4.78, 5) is 21.9. The first-order chi connectivity index (χ1) is 6.93. The second kappa shape index (κ2) is 4.64. The van der Waals surface area contributed by atoms with E-state index in [0.717, 1.165) is 25.7 Å². The lowest BCUT2D eigenvalue weighted by Crippen LogP contribution is -2.51. The van der Waals surface area contributed by atoms with Gasteiger partial charge in [0.25, 0.3) is 0 Å². The van der Waals surface area contributed by atoms with Crippen LogP contribution in [0.5, 0.6) is 0 Å². The molecule has 0 unspecified atom stereocenters. The van der Waals surface area contributed by atoms with E-state index in [0.29, 0.717) is 5.92 Å². The normalized spacial score (nSPS) is 30.9. The van der Waals surface area contributed by atoms with Gasteiger partial charge >= 0.3 is 5.97 Å². The zero-order chi connectivity index (χ0) is 11.5. The molecular weight excluding hydrogens is 194 g/mol. The van der Waals surface area contributed by atoms with Gasteiger partial charge in [-0.05, 0) is 31.6 Å². The molecule has 1 saturated carbocycles. The van der Waals surface area contributed by atoms with Gasteiger partial charge in [-0.1, -0.05) is 6.92 Å². The fourth-order valence-electron chi connectivity index (χ4n) is 2.32. The average Bonchev–Trinajstić information content (AvgIpc) is 2.08. The molecule has 0 heterocycles. The van der Waals surface area contributed by atoms with Crippen LogP contribution in [0.25, 0.3) is 0 Å². The van der Waals surface area contributed by atoms with Gasteiger partial charge in [0.05, 0.1) is 12.0 Å². The fourth-order valence-corrected chi connectivity index (χ4v) is 2.32. The average molecular weight is 213 g/mol. The van der Waals surface area contributed by atoms with Crippen molar-refractivity contribution < 1.29 is 14.7 Å². The molecule has 0 aliphatic heterocycles. The third-order valence-electron chi connectivity index (χ3n) is 3.16. The van der Waals surface area contributed by atoms with Gasteiger partial charge in [0.2, 0.25) is 5.91 Å². The topological polar surface area (TPSA) is 66.4 Å². The van der Waals surface area contributed by atoms with E-state index in [4.69, 9.17) is 5.11 Å². The number of carboxylic acids is 1. The lowest BCUT2D eigenvalue weighted by atomic mass is 9.75. The fraction of sp³-hybridized carbons (Fsp3) is 0.818. The smallest absolute Gasteiger partial charge is 0.305 e. The molecule has 4 heteroatoms. The van der Waals surface area contributed by atoms with Crippen LogP contribution < -0.4 is 5.32 Å². The maximum Gasteiger partial charge on any atom is 0.305 e. The number of carbonyl (C=O) groups is 2. The Morgan fingerprint density at radius 1 is 1.40 bits per heavy atom. The van der Waals surface area contributed by atoms with E-state index in [9.17, 15) is 9.59 Å². The third kappa shape index (κ3) is 3.53. The van der Waals surface area contributed by atoms with Gasteiger partial charge in [-0.15, -0.1) is 0 Å². The zero-order valence-electron chi connectivity index (χ0n) is 9.38. The number of carbonyl (C=O) groups excluding carboxylic acids is 1. The van der Waals surface area contributed by atoms with Crippen LogP contribution >= 0.6 is 0 Å². The molecule has 15 heavy (non-hydrogen) atoms. The summed E-state index contributed by atoms with van der Waals surface area (Å²) in [5.41, 5.74) is -0.496. The minimum absolute atomic E-state index is 0.0410. The van der Waals surface area contributed by atoms with Crippen LogP contribution in [-0.4, -0.2) is 22.5 Å². The maximum absolute atomic E-state index is 11.1. The molecule has 0 aromatic heterocycles. The molecule has 4 nitrogen and oxygen atoms in total. The van der Waals surface area contributed by atoms with Gasteiger partial charge in [-0.2, -0.15) is 0 Å². The van der Waals surface area contributed by atoms with Crippen molar-refractivity contribution in [3.63, 3.8) is 0 Å². The van der Waals surface area contributed by atoms with Crippen LogP contribution in [0.1, 0.15) is 46.0 Å². The van der Waals surface area contributed by atoms with E-state index in [2.05, 4.69) is 12.2 Å². The van der Waals surface area contributed by atoms with E-state index < -0.39 is 11.5 Å². The Morgan fingerprint density at radius 3 is 2.33 bits per heavy atom. The summed E-state index contributed by atoms with van der Waals surface area (Å²) in [5, 5.41) is 11.7. The Bertz CT molecular complexity index is 237. The molecule has 1 aliphatic rings. The maximum atomic E-state index is 11.1. The molecule has 0 bridgehead atoms. The van der Waals surface area contributed by atoms with Crippen molar-refractivity contribution in [1.29, 1.82) is 0 Å². The van der Waals surface area contributed by atoms with Crippen LogP contribution in [0.4, 0.5) is 0 Å². The predicted molar refractivity (Wildman–Crippen MR) is 56.4 cm³/mol. The Kier molecular flexibility index (Phi) is 3.72. The first kappa shape index (κ1) is 12.0. The Labute approximate surface area is 90.0 Å². The lowest BCUT2D eigenvalue weighted by molar-refractivity contribution is -0.139. The summed E-state index contributed by atoms with van der Waals surface area (Å²) in [6.07, 6.45) is 3.58. The molecule has 1 amide bonds. The van der Waals surface area contributed by atoms with E-state index in [-0.39, 0.29) is 12.3 Å². The van der Waals surface area contributed by atoms with Crippen LogP contribution in [0.15, 0.2) is 0 Å². The minimum atomic E-state index is -0.835. The van der Waals surface area contributed by atoms with Crippen LogP contribution in [0.3, 0.4) is 0 Å². The Hall–Kier alpha value is -1.06. The second-order valence-corrected chi connectivity index (χ2v) is 4.71. The predicted octanol–water partition coefficient (Wildman–Crippen LogP) is 1.55. The summed E-state index contributed by atoms with van der Waals surface area (Å²) in [5.74, 6) is -0.329. The molecule has 1 rings (SSSR count). The molecule has 0 saturated heterocycles. The molecule has 2 N–H and O–H groups in total. The number of nitrogens with one attached hydrogen (secondary N) is 1. The first-order valence-electron chi connectivity index (χ1n) is 5.44. The molecule has 0 aromatic rings. The SMILES string of the molecule is CC(=O)NC1(CC(=O)O)CCC(C)CC1. The highest BCUT2D eigenvalue weighted by Crippen LogP contribution is 2.34. The molecule has 0 aromatic carbocycles. The van der Waals surface area contributed by atoms with Gasteiger partial charge in [0.15, 0.2) is 0 Å². The van der Waals surface area contributed by atoms with Gasteiger partial charge in [0.1, 0.15) is 0 Å². The highest BCUT2D eigenvalue weighted by atomic mass is 16.4. The number of hydrogen-bond acceptors (Lipinski definition) is 2. The monoisotopic (exact) mass is 213 g/mol. The van der Waals surface area contributed by atoms with Crippen molar-refractivity contribution in [3.8, 4) is 0 Å². The van der Waals surface area contributed by atoms with Crippen molar-refractivity contribution in [3.05, 3.63) is 0 Å². The summed E-state index contributed by atoms with van der Waals surface area (Å²) in [7, 11) is 0. The quantitative estimate of drug-likeness (QED) is 0.747. The number of carboxylic acid groups (broad SMARTS) is 1. The first-order valence-corrected chi connectivity index (χ1v) is 5.44. The number of hydrogen-bond donors (Lipinski definition) is 2. The van der Waals surface area contributed by atoms with E-state index in [1.807, 2.05) is 0 Å². The lowest BCUT2D eigenvalue weighted by Gasteiger charge is -2.38. The summed E-state index contributed by atoms with van der Waals surface area (Å²) in [6, 6.07) is 0. The Morgan fingerprint density at radius 2 is 1.93 bits per heavy atom. The minimum Gasteiger partial charge on any atom is -0.481 e. The molecule has 0 radical (unpaired) electrons. The second-order valence-electron chi connectivity index (χ2n) is 4.71. The summed E-state index contributed by atoms with van der Waals surface area (Å²) in [6.45, 7) is 3.61. The molecule has 0 spiro atoms. The molecule has 1 fully saturated rings. The highest BCUT2D eigenvalue weighted by molar-refractivity contribution is 5.76. The molecule has 86 valence electrons. The molecule has 0 atom stereocenters. The number of amides is 1. The van der Waals surface area contributed by atoms with E-state index >= 15 is 0 Å². The van der Waals surface area contributed by atoms with E-state index in [1.54, 1.807) is 0 Å². The van der Waals surface area contributed by atoms with Gasteiger partial charge in [-0.25, -0.2) is 0 Å². The third-order valence-corrected chi connectivity index (χ3v) is 3.16. The van der Waals surface area contributed by atoms with Crippen molar-refractivity contribution >= 4 is 11.9 Å². The number of aliphatic carboxylic acids is 1.